The number of amides is 2. The fourth-order valence-corrected chi connectivity index (χ4v) is 4.97. The average Bonchev–Trinajstić information content (AvgIpc) is 3.38. The van der Waals surface area contributed by atoms with Gasteiger partial charge in [-0.05, 0) is 56.3 Å². The Kier molecular flexibility index (Phi) is 8.63. The number of rotatable bonds is 8. The predicted octanol–water partition coefficient (Wildman–Crippen LogP) is 5.15. The van der Waals surface area contributed by atoms with Crippen LogP contribution in [0.5, 0.6) is 0 Å². The molecule has 3 heterocycles. The van der Waals surface area contributed by atoms with Crippen LogP contribution in [-0.4, -0.2) is 66.2 Å². The van der Waals surface area contributed by atoms with Gasteiger partial charge in [0, 0.05) is 50.5 Å². The van der Waals surface area contributed by atoms with Crippen molar-refractivity contribution in [3.8, 4) is 0 Å². The van der Waals surface area contributed by atoms with Gasteiger partial charge in [0.25, 0.3) is 5.91 Å². The van der Waals surface area contributed by atoms with Crippen molar-refractivity contribution < 1.29 is 19.1 Å². The van der Waals surface area contributed by atoms with Crippen molar-refractivity contribution in [1.29, 1.82) is 0 Å². The van der Waals surface area contributed by atoms with Gasteiger partial charge in [0.05, 0.1) is 12.7 Å². The van der Waals surface area contributed by atoms with Gasteiger partial charge in [0.15, 0.2) is 0 Å². The van der Waals surface area contributed by atoms with Gasteiger partial charge >= 0.3 is 6.09 Å². The number of carbonyl (C=O) groups is 2. The topological polar surface area (TPSA) is 88.1 Å². The molecule has 4 rings (SSSR count). The van der Waals surface area contributed by atoms with E-state index in [2.05, 4.69) is 9.97 Å². The van der Waals surface area contributed by atoms with Crippen molar-refractivity contribution >= 4 is 34.8 Å². The molecule has 10 heteroatoms. The monoisotopic (exact) mass is 537 g/mol. The Labute approximate surface area is 228 Å². The molecule has 1 atom stereocenters. The van der Waals surface area contributed by atoms with Crippen LogP contribution >= 0.6 is 11.3 Å². The van der Waals surface area contributed by atoms with Crippen molar-refractivity contribution in [1.82, 2.24) is 14.9 Å². The van der Waals surface area contributed by atoms with E-state index in [0.29, 0.717) is 44.0 Å². The van der Waals surface area contributed by atoms with Gasteiger partial charge in [-0.1, -0.05) is 18.2 Å². The zero-order valence-electron chi connectivity index (χ0n) is 22.6. The molecule has 9 nitrogen and oxygen atoms in total. The molecule has 1 aliphatic heterocycles. The van der Waals surface area contributed by atoms with Crippen LogP contribution in [0.1, 0.15) is 54.1 Å². The average molecular weight is 538 g/mol. The SMILES string of the molecule is CN(CCC(OCc1cccc(N2CCN(C)c3ncncc3C2=O)c1)c1cccs1)C(=O)OC(C)(C)C. The van der Waals surface area contributed by atoms with Crippen LogP contribution in [0, 0.1) is 0 Å². The fourth-order valence-electron chi connectivity index (χ4n) is 4.16. The first-order chi connectivity index (χ1) is 18.1. The summed E-state index contributed by atoms with van der Waals surface area (Å²) in [6, 6.07) is 11.9. The Hall–Kier alpha value is -3.50. The lowest BCUT2D eigenvalue weighted by Gasteiger charge is -2.26. The minimum Gasteiger partial charge on any atom is -0.444 e. The van der Waals surface area contributed by atoms with Gasteiger partial charge in [-0.15, -0.1) is 11.3 Å². The first-order valence-electron chi connectivity index (χ1n) is 12.6. The molecule has 0 fully saturated rings. The molecule has 1 aliphatic rings. The highest BCUT2D eigenvalue weighted by Crippen LogP contribution is 2.29. The second-order valence-corrected chi connectivity index (χ2v) is 11.3. The van der Waals surface area contributed by atoms with Gasteiger partial charge in [-0.3, -0.25) is 4.79 Å². The Morgan fingerprint density at radius 3 is 2.76 bits per heavy atom. The first-order valence-corrected chi connectivity index (χ1v) is 13.5. The Morgan fingerprint density at radius 1 is 1.21 bits per heavy atom. The number of fused-ring (bicyclic) bond motifs is 1. The highest BCUT2D eigenvalue weighted by molar-refractivity contribution is 7.10. The smallest absolute Gasteiger partial charge is 0.410 e. The van der Waals surface area contributed by atoms with E-state index in [-0.39, 0.29) is 18.1 Å². The summed E-state index contributed by atoms with van der Waals surface area (Å²) in [5, 5.41) is 2.02. The summed E-state index contributed by atoms with van der Waals surface area (Å²) in [5.74, 6) is 0.520. The number of thiophene rings is 1. The number of hydrogen-bond acceptors (Lipinski definition) is 8. The van der Waals surface area contributed by atoms with Crippen molar-refractivity contribution in [2.24, 2.45) is 0 Å². The number of aromatic nitrogens is 2. The van der Waals surface area contributed by atoms with E-state index >= 15 is 0 Å². The highest BCUT2D eigenvalue weighted by atomic mass is 32.1. The zero-order valence-corrected chi connectivity index (χ0v) is 23.4. The summed E-state index contributed by atoms with van der Waals surface area (Å²) >= 11 is 1.63. The number of anilines is 2. The molecule has 0 aliphatic carbocycles. The minimum atomic E-state index is -0.542. The van der Waals surface area contributed by atoms with Crippen molar-refractivity contribution in [2.45, 2.75) is 45.5 Å². The third-order valence-corrected chi connectivity index (χ3v) is 7.12. The Balaban J connectivity index is 1.44. The number of hydrogen-bond donors (Lipinski definition) is 0. The van der Waals surface area contributed by atoms with E-state index in [0.717, 1.165) is 16.1 Å². The summed E-state index contributed by atoms with van der Waals surface area (Å²) < 4.78 is 11.8. The molecule has 1 unspecified atom stereocenters. The molecule has 0 spiro atoms. The molecule has 0 saturated carbocycles. The first kappa shape index (κ1) is 27.5. The van der Waals surface area contributed by atoms with Crippen LogP contribution in [0.25, 0.3) is 0 Å². The van der Waals surface area contributed by atoms with Gasteiger partial charge in [0.1, 0.15) is 23.3 Å². The molecule has 1 aromatic carbocycles. The Morgan fingerprint density at radius 2 is 2.03 bits per heavy atom. The summed E-state index contributed by atoms with van der Waals surface area (Å²) in [5.41, 5.74) is 1.71. The van der Waals surface area contributed by atoms with Crippen LogP contribution in [0.3, 0.4) is 0 Å². The van der Waals surface area contributed by atoms with Crippen LogP contribution in [0.2, 0.25) is 0 Å². The lowest BCUT2D eigenvalue weighted by Crippen LogP contribution is -2.35. The molecule has 0 saturated heterocycles. The summed E-state index contributed by atoms with van der Waals surface area (Å²) in [7, 11) is 3.67. The third kappa shape index (κ3) is 6.87. The number of nitrogens with zero attached hydrogens (tertiary/aromatic N) is 5. The minimum absolute atomic E-state index is 0.121. The fraction of sp³-hybridized carbons (Fsp3) is 0.429. The van der Waals surface area contributed by atoms with E-state index in [1.54, 1.807) is 34.4 Å². The molecule has 202 valence electrons. The van der Waals surface area contributed by atoms with E-state index in [4.69, 9.17) is 9.47 Å². The predicted molar refractivity (Wildman–Crippen MR) is 149 cm³/mol. The Bertz CT molecular complexity index is 1240. The molecular weight excluding hydrogens is 502 g/mol. The van der Waals surface area contributed by atoms with Crippen LogP contribution in [0.15, 0.2) is 54.3 Å². The summed E-state index contributed by atoms with van der Waals surface area (Å²) in [6.45, 7) is 7.62. The summed E-state index contributed by atoms with van der Waals surface area (Å²) in [4.78, 5) is 40.5. The van der Waals surface area contributed by atoms with E-state index in [1.807, 2.05) is 74.5 Å². The number of benzene rings is 1. The summed E-state index contributed by atoms with van der Waals surface area (Å²) in [6.07, 6.45) is 3.14. The van der Waals surface area contributed by atoms with E-state index in [1.165, 1.54) is 6.33 Å². The molecule has 0 radical (unpaired) electrons. The van der Waals surface area contributed by atoms with Gasteiger partial charge in [-0.25, -0.2) is 14.8 Å². The largest absolute Gasteiger partial charge is 0.444 e. The maximum absolute atomic E-state index is 13.4. The standard InChI is InChI=1S/C28H35N5O4S/c1-28(2,3)37-27(35)32(5)12-11-23(24-10-7-15-38-24)36-18-20-8-6-9-21(16-20)33-14-13-31(4)25-22(26(33)34)17-29-19-30-25/h6-10,15-17,19,23H,11-14,18H2,1-5H3. The van der Waals surface area contributed by atoms with Crippen molar-refractivity contribution in [2.75, 3.05) is 43.5 Å². The zero-order chi connectivity index (χ0) is 27.3. The quantitative estimate of drug-likeness (QED) is 0.393. The molecule has 2 aromatic heterocycles. The maximum atomic E-state index is 13.4. The van der Waals surface area contributed by atoms with E-state index < -0.39 is 5.60 Å². The van der Waals surface area contributed by atoms with Crippen LogP contribution in [0.4, 0.5) is 16.3 Å². The van der Waals surface area contributed by atoms with Crippen molar-refractivity contribution in [3.05, 3.63) is 70.3 Å². The lowest BCUT2D eigenvalue weighted by atomic mass is 10.1. The second kappa shape index (κ2) is 11.9. The number of carbonyl (C=O) groups excluding carboxylic acids is 2. The van der Waals surface area contributed by atoms with E-state index in [9.17, 15) is 9.59 Å². The molecule has 2 amide bonds. The molecule has 0 bridgehead atoms. The lowest BCUT2D eigenvalue weighted by molar-refractivity contribution is 0.0148. The molecule has 0 N–H and O–H groups in total. The number of likely N-dealkylation sites (N-methyl/N-ethyl adjacent to an activating group) is 1. The van der Waals surface area contributed by atoms with Gasteiger partial charge in [-0.2, -0.15) is 0 Å². The van der Waals surface area contributed by atoms with Crippen LogP contribution in [-0.2, 0) is 16.1 Å². The molecule has 3 aromatic rings. The van der Waals surface area contributed by atoms with Crippen LogP contribution < -0.4 is 9.80 Å². The molecule has 38 heavy (non-hydrogen) atoms. The van der Waals surface area contributed by atoms with Crippen molar-refractivity contribution in [3.63, 3.8) is 0 Å². The highest BCUT2D eigenvalue weighted by Gasteiger charge is 2.27. The number of ether oxygens (including phenoxy) is 2. The maximum Gasteiger partial charge on any atom is 0.410 e. The normalized spacial score (nSPS) is 14.6. The molecular formula is C28H35N5O4S. The van der Waals surface area contributed by atoms with Gasteiger partial charge in [0.2, 0.25) is 0 Å². The van der Waals surface area contributed by atoms with Gasteiger partial charge < -0.3 is 24.2 Å². The second-order valence-electron chi connectivity index (χ2n) is 10.3. The third-order valence-electron chi connectivity index (χ3n) is 6.15.